The van der Waals surface area contributed by atoms with Crippen LogP contribution in [0.2, 0.25) is 0 Å². The third-order valence-corrected chi connectivity index (χ3v) is 4.13. The van der Waals surface area contributed by atoms with Crippen LogP contribution in [-0.2, 0) is 0 Å². The van der Waals surface area contributed by atoms with Gasteiger partial charge in [0.05, 0.1) is 21.1 Å². The predicted octanol–water partition coefficient (Wildman–Crippen LogP) is 2.34. The first-order valence-electron chi connectivity index (χ1n) is 5.80. The van der Waals surface area contributed by atoms with Crippen molar-refractivity contribution in [2.75, 3.05) is 5.73 Å². The van der Waals surface area contributed by atoms with Crippen molar-refractivity contribution < 1.29 is 9.59 Å². The van der Waals surface area contributed by atoms with E-state index in [0.29, 0.717) is 21.0 Å². The van der Waals surface area contributed by atoms with E-state index in [9.17, 15) is 9.59 Å². The van der Waals surface area contributed by atoms with Gasteiger partial charge in [0.15, 0.2) is 5.78 Å². The maximum Gasteiger partial charge on any atom is 0.281 e. The van der Waals surface area contributed by atoms with Crippen molar-refractivity contribution in [1.29, 1.82) is 0 Å². The lowest BCUT2D eigenvalue weighted by Gasteiger charge is -2.04. The number of nitrogens with two attached hydrogens (primary N) is 1. The summed E-state index contributed by atoms with van der Waals surface area (Å²) in [5, 5.41) is 4.52. The Balaban J connectivity index is 2.57. The Kier molecular flexibility index (Phi) is 3.28. The van der Waals surface area contributed by atoms with E-state index in [0.717, 1.165) is 22.7 Å². The maximum atomic E-state index is 12.5. The van der Waals surface area contributed by atoms with Crippen molar-refractivity contribution in [2.45, 2.75) is 27.7 Å². The average molecular weight is 277 g/mol. The number of ketones is 1. The molecule has 2 aromatic heterocycles. The Hall–Kier alpha value is -1.95. The summed E-state index contributed by atoms with van der Waals surface area (Å²) in [6, 6.07) is 1.82. The number of hydrogen-bond acceptors (Lipinski definition) is 5. The molecule has 100 valence electrons. The standard InChI is InChI=1S/C13H15N3O2S/c1-6-5-7(2)16(15-6)13(18)10-8(3)11(9(4)17)19-12(10)14/h5H,14H2,1-4H3. The molecule has 0 aliphatic rings. The Labute approximate surface area is 115 Å². The number of rotatable bonds is 2. The van der Waals surface area contributed by atoms with Crippen molar-refractivity contribution in [1.82, 2.24) is 9.78 Å². The number of hydrogen-bond donors (Lipinski definition) is 1. The van der Waals surface area contributed by atoms with E-state index in [-0.39, 0.29) is 11.7 Å². The van der Waals surface area contributed by atoms with E-state index in [2.05, 4.69) is 5.10 Å². The summed E-state index contributed by atoms with van der Waals surface area (Å²) in [5.74, 6) is -0.369. The molecule has 0 saturated heterocycles. The van der Waals surface area contributed by atoms with Gasteiger partial charge in [-0.15, -0.1) is 11.3 Å². The number of anilines is 1. The van der Waals surface area contributed by atoms with Crippen LogP contribution in [0.4, 0.5) is 5.00 Å². The number of Topliss-reactive ketones (excluding diaryl/α,β-unsaturated/α-hetero) is 1. The molecule has 0 aliphatic carbocycles. The van der Waals surface area contributed by atoms with Gasteiger partial charge in [-0.3, -0.25) is 9.59 Å². The van der Waals surface area contributed by atoms with Crippen molar-refractivity contribution in [3.05, 3.63) is 33.5 Å². The minimum absolute atomic E-state index is 0.0818. The van der Waals surface area contributed by atoms with Crippen LogP contribution >= 0.6 is 11.3 Å². The van der Waals surface area contributed by atoms with Crippen LogP contribution in [0.1, 0.15) is 43.9 Å². The third kappa shape index (κ3) is 2.19. The normalized spacial score (nSPS) is 10.7. The van der Waals surface area contributed by atoms with Crippen molar-refractivity contribution in [2.24, 2.45) is 0 Å². The number of nitrogens with zero attached hydrogens (tertiary/aromatic N) is 2. The second kappa shape index (κ2) is 4.62. The smallest absolute Gasteiger partial charge is 0.281 e. The highest BCUT2D eigenvalue weighted by molar-refractivity contribution is 7.18. The topological polar surface area (TPSA) is 78.0 Å². The maximum absolute atomic E-state index is 12.5. The molecule has 0 bridgehead atoms. The molecule has 0 spiro atoms. The van der Waals surface area contributed by atoms with Crippen LogP contribution in [0.15, 0.2) is 6.07 Å². The van der Waals surface area contributed by atoms with Crippen LogP contribution in [0, 0.1) is 20.8 Å². The molecule has 0 aromatic carbocycles. The van der Waals surface area contributed by atoms with E-state index in [1.807, 2.05) is 19.9 Å². The highest BCUT2D eigenvalue weighted by atomic mass is 32.1. The molecule has 6 heteroatoms. The molecule has 0 saturated carbocycles. The molecule has 2 aromatic rings. The molecular weight excluding hydrogens is 262 g/mol. The highest BCUT2D eigenvalue weighted by Gasteiger charge is 2.24. The minimum Gasteiger partial charge on any atom is -0.390 e. The number of aryl methyl sites for hydroxylation is 2. The van der Waals surface area contributed by atoms with Crippen molar-refractivity contribution >= 4 is 28.0 Å². The van der Waals surface area contributed by atoms with Gasteiger partial charge in [0.2, 0.25) is 0 Å². The van der Waals surface area contributed by atoms with Gasteiger partial charge in [-0.1, -0.05) is 0 Å². The Morgan fingerprint density at radius 1 is 1.32 bits per heavy atom. The lowest BCUT2D eigenvalue weighted by molar-refractivity contribution is 0.0943. The lowest BCUT2D eigenvalue weighted by Crippen LogP contribution is -2.17. The van der Waals surface area contributed by atoms with Gasteiger partial charge in [0, 0.05) is 5.69 Å². The van der Waals surface area contributed by atoms with Crippen LogP contribution in [0.25, 0.3) is 0 Å². The predicted molar refractivity (Wildman–Crippen MR) is 74.9 cm³/mol. The Morgan fingerprint density at radius 3 is 2.37 bits per heavy atom. The second-order valence-electron chi connectivity index (χ2n) is 4.50. The molecule has 0 amide bonds. The molecule has 19 heavy (non-hydrogen) atoms. The molecule has 2 N–H and O–H groups in total. The van der Waals surface area contributed by atoms with Gasteiger partial charge >= 0.3 is 0 Å². The number of thiophene rings is 1. The van der Waals surface area contributed by atoms with E-state index in [1.165, 1.54) is 11.6 Å². The largest absolute Gasteiger partial charge is 0.390 e. The molecule has 2 rings (SSSR count). The molecular formula is C13H15N3O2S. The van der Waals surface area contributed by atoms with Crippen molar-refractivity contribution in [3.8, 4) is 0 Å². The van der Waals surface area contributed by atoms with E-state index >= 15 is 0 Å². The summed E-state index contributed by atoms with van der Waals surface area (Å²) < 4.78 is 1.32. The second-order valence-corrected chi connectivity index (χ2v) is 5.55. The quantitative estimate of drug-likeness (QED) is 0.855. The van der Waals surface area contributed by atoms with Gasteiger partial charge in [0.1, 0.15) is 0 Å². The summed E-state index contributed by atoms with van der Waals surface area (Å²) in [5.41, 5.74) is 8.40. The summed E-state index contributed by atoms with van der Waals surface area (Å²) in [6.45, 7) is 6.83. The first kappa shape index (κ1) is 13.5. The lowest BCUT2D eigenvalue weighted by atomic mass is 10.1. The zero-order valence-electron chi connectivity index (χ0n) is 11.3. The molecule has 5 nitrogen and oxygen atoms in total. The highest BCUT2D eigenvalue weighted by Crippen LogP contribution is 2.31. The SMILES string of the molecule is CC(=O)c1sc(N)c(C(=O)n2nc(C)cc2C)c1C. The third-order valence-electron chi connectivity index (χ3n) is 2.91. The molecule has 2 heterocycles. The zero-order valence-corrected chi connectivity index (χ0v) is 12.1. The average Bonchev–Trinajstić information content (AvgIpc) is 2.78. The minimum atomic E-state index is -0.288. The summed E-state index contributed by atoms with van der Waals surface area (Å²) in [7, 11) is 0. The molecule has 0 atom stereocenters. The molecule has 0 radical (unpaired) electrons. The monoisotopic (exact) mass is 277 g/mol. The number of carbonyl (C=O) groups excluding carboxylic acids is 2. The zero-order chi connectivity index (χ0) is 14.3. The first-order valence-corrected chi connectivity index (χ1v) is 6.62. The van der Waals surface area contributed by atoms with Gasteiger partial charge in [-0.05, 0) is 39.3 Å². The van der Waals surface area contributed by atoms with Crippen molar-refractivity contribution in [3.63, 3.8) is 0 Å². The van der Waals surface area contributed by atoms with Crippen LogP contribution in [-0.4, -0.2) is 21.5 Å². The fraction of sp³-hybridized carbons (Fsp3) is 0.308. The first-order chi connectivity index (χ1) is 8.82. The summed E-state index contributed by atoms with van der Waals surface area (Å²) in [6.07, 6.45) is 0. The van der Waals surface area contributed by atoms with Gasteiger partial charge in [-0.25, -0.2) is 4.68 Å². The summed E-state index contributed by atoms with van der Waals surface area (Å²) in [4.78, 5) is 24.5. The van der Waals surface area contributed by atoms with Crippen LogP contribution in [0.5, 0.6) is 0 Å². The van der Waals surface area contributed by atoms with E-state index < -0.39 is 0 Å². The number of aromatic nitrogens is 2. The van der Waals surface area contributed by atoms with Gasteiger partial charge < -0.3 is 5.73 Å². The molecule has 0 unspecified atom stereocenters. The van der Waals surface area contributed by atoms with E-state index in [4.69, 9.17) is 5.73 Å². The molecule has 0 aliphatic heterocycles. The molecule has 0 fully saturated rings. The van der Waals surface area contributed by atoms with Crippen LogP contribution in [0.3, 0.4) is 0 Å². The van der Waals surface area contributed by atoms with Crippen LogP contribution < -0.4 is 5.73 Å². The fourth-order valence-electron chi connectivity index (χ4n) is 2.08. The van der Waals surface area contributed by atoms with Gasteiger partial charge in [-0.2, -0.15) is 5.10 Å². The number of nitrogen functional groups attached to an aromatic ring is 1. The van der Waals surface area contributed by atoms with E-state index in [1.54, 1.807) is 6.92 Å². The van der Waals surface area contributed by atoms with Gasteiger partial charge in [0.25, 0.3) is 5.91 Å². The fourth-order valence-corrected chi connectivity index (χ4v) is 3.04. The Bertz CT molecular complexity index is 682. The number of carbonyl (C=O) groups is 2. The Morgan fingerprint density at radius 2 is 1.95 bits per heavy atom. The summed E-state index contributed by atoms with van der Waals surface area (Å²) >= 11 is 1.15.